The van der Waals surface area contributed by atoms with Crippen LogP contribution in [0.25, 0.3) is 0 Å². The predicted molar refractivity (Wildman–Crippen MR) is 155 cm³/mol. The summed E-state index contributed by atoms with van der Waals surface area (Å²) in [6.45, 7) is 6.50. The summed E-state index contributed by atoms with van der Waals surface area (Å²) in [5.41, 5.74) is 0.615. The number of benzene rings is 1. The molecule has 10 nitrogen and oxygen atoms in total. The summed E-state index contributed by atoms with van der Waals surface area (Å²) in [4.78, 5) is 31.1. The predicted octanol–water partition coefficient (Wildman–Crippen LogP) is 4.37. The van der Waals surface area contributed by atoms with E-state index < -0.39 is 11.6 Å². The zero-order valence-corrected chi connectivity index (χ0v) is 24.5. The molecule has 39 heavy (non-hydrogen) atoms. The number of aryl methyl sites for hydroxylation is 1. The lowest BCUT2D eigenvalue weighted by molar-refractivity contribution is 0.0116. The van der Waals surface area contributed by atoms with Crippen molar-refractivity contribution in [1.82, 2.24) is 15.0 Å². The molecule has 0 unspecified atom stereocenters. The molecule has 208 valence electrons. The number of aliphatic hydroxyl groups is 2. The standard InChI is InChI=1S/C27H33BrN6O4S/c1-3-38-24(36)23-17(2)29-26(39-23)32-25-30-21(33-12-8-20(35)9-13-33)16-22(31-25)34-14-10-27(37,11-15-34)18-4-6-19(28)7-5-18/h4-7,16,20,35,37H,3,8-15H2,1-2H3,(H,29,30,31,32). The van der Waals surface area contributed by atoms with Gasteiger partial charge in [0.1, 0.15) is 16.5 Å². The van der Waals surface area contributed by atoms with Crippen molar-refractivity contribution in [2.45, 2.75) is 51.2 Å². The average molecular weight is 618 g/mol. The third kappa shape index (κ3) is 6.34. The minimum atomic E-state index is -0.890. The van der Waals surface area contributed by atoms with E-state index in [1.807, 2.05) is 30.3 Å². The third-order valence-electron chi connectivity index (χ3n) is 7.26. The van der Waals surface area contributed by atoms with Crippen LogP contribution in [-0.2, 0) is 10.3 Å². The summed E-state index contributed by atoms with van der Waals surface area (Å²) in [5.74, 6) is 1.51. The lowest BCUT2D eigenvalue weighted by Gasteiger charge is -2.39. The van der Waals surface area contributed by atoms with Gasteiger partial charge in [0.15, 0.2) is 5.13 Å². The number of piperidine rings is 2. The molecule has 0 bridgehead atoms. The van der Waals surface area contributed by atoms with Crippen LogP contribution < -0.4 is 15.1 Å². The van der Waals surface area contributed by atoms with E-state index in [2.05, 4.69) is 36.0 Å². The van der Waals surface area contributed by atoms with Gasteiger partial charge in [-0.15, -0.1) is 0 Å². The van der Waals surface area contributed by atoms with Gasteiger partial charge in [-0.2, -0.15) is 9.97 Å². The summed E-state index contributed by atoms with van der Waals surface area (Å²) >= 11 is 4.68. The molecule has 2 aromatic heterocycles. The molecular weight excluding hydrogens is 584 g/mol. The first-order valence-electron chi connectivity index (χ1n) is 13.2. The van der Waals surface area contributed by atoms with E-state index in [-0.39, 0.29) is 6.10 Å². The van der Waals surface area contributed by atoms with Crippen LogP contribution in [0.4, 0.5) is 22.7 Å². The first-order chi connectivity index (χ1) is 18.7. The van der Waals surface area contributed by atoms with Gasteiger partial charge in [-0.1, -0.05) is 39.4 Å². The molecule has 1 aromatic carbocycles. The van der Waals surface area contributed by atoms with Crippen LogP contribution in [0.2, 0.25) is 0 Å². The Hall–Kier alpha value is -2.80. The fraction of sp³-hybridized carbons (Fsp3) is 0.481. The van der Waals surface area contributed by atoms with Gasteiger partial charge in [0.05, 0.1) is 24.0 Å². The Morgan fingerprint density at radius 3 is 2.33 bits per heavy atom. The van der Waals surface area contributed by atoms with Crippen LogP contribution in [0.3, 0.4) is 0 Å². The van der Waals surface area contributed by atoms with Crippen molar-refractivity contribution in [2.24, 2.45) is 0 Å². The Morgan fingerprint density at radius 2 is 1.72 bits per heavy atom. The van der Waals surface area contributed by atoms with Crippen molar-refractivity contribution >= 4 is 56.0 Å². The van der Waals surface area contributed by atoms with Crippen LogP contribution in [-0.4, -0.2) is 70.0 Å². The first kappa shape index (κ1) is 27.8. The fourth-order valence-electron chi connectivity index (χ4n) is 4.98. The smallest absolute Gasteiger partial charge is 0.350 e. The number of rotatable bonds is 7. The summed E-state index contributed by atoms with van der Waals surface area (Å²) in [6.07, 6.45) is 2.21. The lowest BCUT2D eigenvalue weighted by Crippen LogP contribution is -2.43. The zero-order chi connectivity index (χ0) is 27.6. The molecule has 2 aliphatic heterocycles. The number of esters is 1. The van der Waals surface area contributed by atoms with E-state index in [0.717, 1.165) is 21.7 Å². The van der Waals surface area contributed by atoms with Gasteiger partial charge >= 0.3 is 5.97 Å². The molecule has 5 rings (SSSR count). The minimum absolute atomic E-state index is 0.293. The summed E-state index contributed by atoms with van der Waals surface area (Å²) in [5, 5.41) is 25.1. The summed E-state index contributed by atoms with van der Waals surface area (Å²) in [6, 6.07) is 9.82. The SMILES string of the molecule is CCOC(=O)c1sc(Nc2nc(N3CCC(O)CC3)cc(N3CCC(O)(c4ccc(Br)cc4)CC3)n2)nc1C. The van der Waals surface area contributed by atoms with E-state index in [1.165, 1.54) is 11.3 Å². The van der Waals surface area contributed by atoms with Gasteiger partial charge in [0, 0.05) is 36.7 Å². The number of hydrogen-bond acceptors (Lipinski definition) is 11. The molecule has 12 heteroatoms. The maximum atomic E-state index is 12.3. The van der Waals surface area contributed by atoms with Gasteiger partial charge < -0.3 is 24.7 Å². The highest BCUT2D eigenvalue weighted by Crippen LogP contribution is 2.36. The molecule has 3 N–H and O–H groups in total. The first-order valence-corrected chi connectivity index (χ1v) is 14.8. The molecule has 2 aliphatic rings. The molecule has 0 saturated carbocycles. The molecule has 0 aliphatic carbocycles. The molecule has 2 fully saturated rings. The maximum Gasteiger partial charge on any atom is 0.350 e. The van der Waals surface area contributed by atoms with Crippen LogP contribution in [0.5, 0.6) is 0 Å². The van der Waals surface area contributed by atoms with Crippen LogP contribution in [0.15, 0.2) is 34.8 Å². The van der Waals surface area contributed by atoms with E-state index in [4.69, 9.17) is 14.7 Å². The van der Waals surface area contributed by atoms with Crippen molar-refractivity contribution in [3.63, 3.8) is 0 Å². The second-order valence-electron chi connectivity index (χ2n) is 9.93. The van der Waals surface area contributed by atoms with Crippen LogP contribution in [0, 0.1) is 6.92 Å². The number of thiazole rings is 1. The molecule has 0 amide bonds. The zero-order valence-electron chi connectivity index (χ0n) is 22.1. The Kier molecular flexibility index (Phi) is 8.36. The van der Waals surface area contributed by atoms with Gasteiger partial charge in [0.2, 0.25) is 5.95 Å². The van der Waals surface area contributed by atoms with E-state index in [1.54, 1.807) is 13.8 Å². The quantitative estimate of drug-likeness (QED) is 0.329. The molecule has 3 aromatic rings. The monoisotopic (exact) mass is 616 g/mol. The average Bonchev–Trinajstić information content (AvgIpc) is 3.29. The summed E-state index contributed by atoms with van der Waals surface area (Å²) < 4.78 is 6.13. The second kappa shape index (κ2) is 11.7. The second-order valence-corrected chi connectivity index (χ2v) is 11.8. The lowest BCUT2D eigenvalue weighted by atomic mass is 9.84. The molecule has 2 saturated heterocycles. The molecule has 4 heterocycles. The Bertz CT molecular complexity index is 1300. The van der Waals surface area contributed by atoms with Crippen molar-refractivity contribution in [1.29, 1.82) is 0 Å². The van der Waals surface area contributed by atoms with Crippen molar-refractivity contribution in [3.8, 4) is 0 Å². The number of nitrogens with one attached hydrogen (secondary N) is 1. The van der Waals surface area contributed by atoms with Gasteiger partial charge in [-0.25, -0.2) is 9.78 Å². The Balaban J connectivity index is 1.39. The van der Waals surface area contributed by atoms with E-state index in [9.17, 15) is 15.0 Å². The highest BCUT2D eigenvalue weighted by molar-refractivity contribution is 9.10. The highest BCUT2D eigenvalue weighted by Gasteiger charge is 2.35. The molecule has 0 spiro atoms. The van der Waals surface area contributed by atoms with E-state index >= 15 is 0 Å². The normalized spacial score (nSPS) is 17.8. The van der Waals surface area contributed by atoms with Gasteiger partial charge in [-0.3, -0.25) is 5.32 Å². The number of anilines is 4. The molecular formula is C27H33BrN6O4S. The van der Waals surface area contributed by atoms with Crippen LogP contribution in [0.1, 0.15) is 53.5 Å². The molecule has 0 atom stereocenters. The highest BCUT2D eigenvalue weighted by atomic mass is 79.9. The van der Waals surface area contributed by atoms with E-state index in [0.29, 0.717) is 80.1 Å². The largest absolute Gasteiger partial charge is 0.462 e. The maximum absolute atomic E-state index is 12.3. The van der Waals surface area contributed by atoms with Crippen molar-refractivity contribution in [2.75, 3.05) is 47.9 Å². The topological polar surface area (TPSA) is 124 Å². The number of aromatic nitrogens is 3. The van der Waals surface area contributed by atoms with Crippen molar-refractivity contribution < 1.29 is 19.7 Å². The number of hydrogen-bond donors (Lipinski definition) is 3. The number of nitrogens with zero attached hydrogens (tertiary/aromatic N) is 5. The third-order valence-corrected chi connectivity index (χ3v) is 8.84. The van der Waals surface area contributed by atoms with Gasteiger partial charge in [-0.05, 0) is 57.2 Å². The number of carbonyl (C=O) groups is 1. The minimum Gasteiger partial charge on any atom is -0.462 e. The van der Waals surface area contributed by atoms with Crippen LogP contribution >= 0.6 is 27.3 Å². The number of carbonyl (C=O) groups excluding carboxylic acids is 1. The Morgan fingerprint density at radius 1 is 1.10 bits per heavy atom. The Labute approximate surface area is 240 Å². The number of aliphatic hydroxyl groups excluding tert-OH is 1. The fourth-order valence-corrected chi connectivity index (χ4v) is 6.10. The number of ether oxygens (including phenoxy) is 1. The summed E-state index contributed by atoms with van der Waals surface area (Å²) in [7, 11) is 0. The van der Waals surface area contributed by atoms with Gasteiger partial charge in [0.25, 0.3) is 0 Å². The van der Waals surface area contributed by atoms with Crippen molar-refractivity contribution in [3.05, 3.63) is 50.9 Å². The molecule has 0 radical (unpaired) electrons. The number of halogens is 1.